The van der Waals surface area contributed by atoms with Gasteiger partial charge in [0.2, 0.25) is 0 Å². The van der Waals surface area contributed by atoms with Crippen molar-refractivity contribution in [2.24, 2.45) is 0 Å². The van der Waals surface area contributed by atoms with Crippen LogP contribution >= 0.6 is 0 Å². The fraction of sp³-hybridized carbons (Fsp3) is 0.500. The Labute approximate surface area is 219 Å². The second-order valence-electron chi connectivity index (χ2n) is 10.8. The predicted octanol–water partition coefficient (Wildman–Crippen LogP) is 5.19. The number of rotatable bonds is 9. The molecule has 0 saturated carbocycles. The summed E-state index contributed by atoms with van der Waals surface area (Å²) in [6.07, 6.45) is 6.89. The van der Waals surface area contributed by atoms with Crippen LogP contribution in [0.4, 0.5) is 0 Å². The standard InChI is InChI=1S/C28H39NO7Si/c1-8-34-27(32)24-25(30)23(20-11-15-22(16-12-20)36-37(6,7)28(2,3)4)17-29(26(24)31)35-18-19-9-13-21(33-5)14-10-19/h9-11,13-15,17,20,22,30H,8,12,16,18H2,1-7H3/t20-,22-/m0/s1. The number of hydrogen-bond acceptors (Lipinski definition) is 7. The van der Waals surface area contributed by atoms with Gasteiger partial charge in [0.15, 0.2) is 13.9 Å². The first-order chi connectivity index (χ1) is 17.4. The van der Waals surface area contributed by atoms with Crippen molar-refractivity contribution in [1.29, 1.82) is 0 Å². The normalized spacial score (nSPS) is 17.9. The van der Waals surface area contributed by atoms with Gasteiger partial charge in [-0.2, -0.15) is 4.73 Å². The van der Waals surface area contributed by atoms with E-state index in [0.29, 0.717) is 17.7 Å². The van der Waals surface area contributed by atoms with Gasteiger partial charge >= 0.3 is 11.5 Å². The van der Waals surface area contributed by atoms with Gasteiger partial charge in [-0.3, -0.25) is 4.79 Å². The molecule has 0 fully saturated rings. The fourth-order valence-electron chi connectivity index (χ4n) is 3.93. The van der Waals surface area contributed by atoms with Crippen molar-refractivity contribution >= 4 is 14.3 Å². The summed E-state index contributed by atoms with van der Waals surface area (Å²) in [4.78, 5) is 31.5. The quantitative estimate of drug-likeness (QED) is 0.271. The third-order valence-corrected chi connectivity index (χ3v) is 11.7. The third-order valence-electron chi connectivity index (χ3n) is 7.16. The molecule has 2 atom stereocenters. The Bertz CT molecular complexity index is 1180. The van der Waals surface area contributed by atoms with Gasteiger partial charge in [-0.25, -0.2) is 4.79 Å². The molecule has 9 heteroatoms. The number of carbonyl (C=O) groups excluding carboxylic acids is 1. The van der Waals surface area contributed by atoms with Crippen LogP contribution in [0.3, 0.4) is 0 Å². The lowest BCUT2D eigenvalue weighted by atomic mass is 9.88. The molecule has 0 amide bonds. The number of esters is 1. The zero-order chi connectivity index (χ0) is 27.4. The van der Waals surface area contributed by atoms with E-state index in [4.69, 9.17) is 18.7 Å². The lowest BCUT2D eigenvalue weighted by Gasteiger charge is -2.39. The van der Waals surface area contributed by atoms with Gasteiger partial charge < -0.3 is 23.8 Å². The van der Waals surface area contributed by atoms with Crippen LogP contribution in [0, 0.1) is 0 Å². The van der Waals surface area contributed by atoms with Gasteiger partial charge in [-0.1, -0.05) is 45.1 Å². The summed E-state index contributed by atoms with van der Waals surface area (Å²) in [5.41, 5.74) is 0.0388. The van der Waals surface area contributed by atoms with E-state index >= 15 is 0 Å². The van der Waals surface area contributed by atoms with E-state index in [0.717, 1.165) is 16.7 Å². The molecule has 202 valence electrons. The van der Waals surface area contributed by atoms with E-state index < -0.39 is 25.4 Å². The van der Waals surface area contributed by atoms with Crippen molar-refractivity contribution in [3.63, 3.8) is 0 Å². The van der Waals surface area contributed by atoms with E-state index in [1.54, 1.807) is 26.2 Å². The van der Waals surface area contributed by atoms with Crippen LogP contribution in [0.5, 0.6) is 11.5 Å². The second kappa shape index (κ2) is 11.6. The van der Waals surface area contributed by atoms with Gasteiger partial charge in [-0.05, 0) is 55.6 Å². The molecule has 0 unspecified atom stereocenters. The first kappa shape index (κ1) is 28.5. The van der Waals surface area contributed by atoms with E-state index in [9.17, 15) is 14.7 Å². The second-order valence-corrected chi connectivity index (χ2v) is 15.5. The maximum atomic E-state index is 13.1. The van der Waals surface area contributed by atoms with Crippen molar-refractivity contribution in [1.82, 2.24) is 4.73 Å². The molecular formula is C28H39NO7Si. The highest BCUT2D eigenvalue weighted by molar-refractivity contribution is 6.74. The number of pyridine rings is 1. The number of aromatic hydroxyl groups is 1. The smallest absolute Gasteiger partial charge is 0.347 e. The van der Waals surface area contributed by atoms with Crippen LogP contribution in [0.2, 0.25) is 18.1 Å². The van der Waals surface area contributed by atoms with Crippen LogP contribution in [0.25, 0.3) is 0 Å². The monoisotopic (exact) mass is 529 g/mol. The minimum atomic E-state index is -1.94. The summed E-state index contributed by atoms with van der Waals surface area (Å²) in [6.45, 7) is 12.9. The van der Waals surface area contributed by atoms with Crippen molar-refractivity contribution in [3.05, 3.63) is 69.7 Å². The highest BCUT2D eigenvalue weighted by Gasteiger charge is 2.39. The SMILES string of the molecule is CCOC(=O)c1c(O)c([C@H]2C=C[C@H](O[Si](C)(C)C(C)(C)C)CC2)cn(OCc2ccc(OC)cc2)c1=O. The molecule has 3 rings (SSSR count). The molecule has 1 aliphatic carbocycles. The van der Waals surface area contributed by atoms with Gasteiger partial charge in [0.25, 0.3) is 0 Å². The average Bonchev–Trinajstić information content (AvgIpc) is 2.84. The number of methoxy groups -OCH3 is 1. The van der Waals surface area contributed by atoms with Gasteiger partial charge in [0.1, 0.15) is 18.1 Å². The van der Waals surface area contributed by atoms with Crippen molar-refractivity contribution < 1.29 is 28.6 Å². The summed E-state index contributed by atoms with van der Waals surface area (Å²) in [6, 6.07) is 7.24. The summed E-state index contributed by atoms with van der Waals surface area (Å²) in [5, 5.41) is 11.1. The van der Waals surface area contributed by atoms with Crippen LogP contribution in [0.1, 0.15) is 67.9 Å². The van der Waals surface area contributed by atoms with Gasteiger partial charge in [-0.15, -0.1) is 0 Å². The van der Waals surface area contributed by atoms with Crippen LogP contribution in [-0.2, 0) is 15.8 Å². The van der Waals surface area contributed by atoms with Gasteiger partial charge in [0.05, 0.1) is 26.0 Å². The van der Waals surface area contributed by atoms with E-state index in [-0.39, 0.29) is 36.0 Å². The van der Waals surface area contributed by atoms with Crippen LogP contribution in [-0.4, -0.2) is 43.9 Å². The molecule has 0 spiro atoms. The summed E-state index contributed by atoms with van der Waals surface area (Å²) in [5.74, 6) is -0.764. The number of aromatic nitrogens is 1. The molecule has 0 saturated heterocycles. The largest absolute Gasteiger partial charge is 0.506 e. The molecule has 37 heavy (non-hydrogen) atoms. The van der Waals surface area contributed by atoms with E-state index in [1.165, 1.54) is 6.20 Å². The Morgan fingerprint density at radius 3 is 2.35 bits per heavy atom. The molecule has 1 aromatic carbocycles. The minimum absolute atomic E-state index is 0.0129. The van der Waals surface area contributed by atoms with Crippen LogP contribution < -0.4 is 15.1 Å². The molecule has 1 aromatic heterocycles. The number of benzene rings is 1. The molecular weight excluding hydrogens is 490 g/mol. The van der Waals surface area contributed by atoms with Crippen LogP contribution in [0.15, 0.2) is 47.4 Å². The minimum Gasteiger partial charge on any atom is -0.506 e. The third kappa shape index (κ3) is 6.64. The number of nitrogens with zero attached hydrogens (tertiary/aromatic N) is 1. The molecule has 1 heterocycles. The highest BCUT2D eigenvalue weighted by Crippen LogP contribution is 2.40. The number of ether oxygens (including phenoxy) is 2. The zero-order valence-electron chi connectivity index (χ0n) is 22.9. The Hall–Kier alpha value is -3.04. The topological polar surface area (TPSA) is 96.2 Å². The summed E-state index contributed by atoms with van der Waals surface area (Å²) >= 11 is 0. The van der Waals surface area contributed by atoms with Gasteiger partial charge in [0, 0.05) is 11.5 Å². The van der Waals surface area contributed by atoms with Crippen molar-refractivity contribution in [3.8, 4) is 11.5 Å². The maximum absolute atomic E-state index is 13.1. The lowest BCUT2D eigenvalue weighted by Crippen LogP contribution is -2.44. The van der Waals surface area contributed by atoms with E-state index in [1.807, 2.05) is 24.3 Å². The maximum Gasteiger partial charge on any atom is 0.347 e. The molecule has 0 bridgehead atoms. The predicted molar refractivity (Wildman–Crippen MR) is 145 cm³/mol. The molecule has 0 aliphatic heterocycles. The Kier molecular flexibility index (Phi) is 8.91. The van der Waals surface area contributed by atoms with Crippen molar-refractivity contribution in [2.45, 2.75) is 77.3 Å². The zero-order valence-corrected chi connectivity index (χ0v) is 23.9. The lowest BCUT2D eigenvalue weighted by molar-refractivity contribution is 0.0501. The molecule has 8 nitrogen and oxygen atoms in total. The number of carbonyl (C=O) groups is 1. The number of hydrogen-bond donors (Lipinski definition) is 1. The highest BCUT2D eigenvalue weighted by atomic mass is 28.4. The molecule has 1 aliphatic rings. The van der Waals surface area contributed by atoms with E-state index in [2.05, 4.69) is 33.9 Å². The molecule has 2 aromatic rings. The molecule has 0 radical (unpaired) electrons. The summed E-state index contributed by atoms with van der Waals surface area (Å²) < 4.78 is 17.8. The Balaban J connectivity index is 1.90. The fourth-order valence-corrected chi connectivity index (χ4v) is 5.24. The summed E-state index contributed by atoms with van der Waals surface area (Å²) in [7, 11) is -0.353. The van der Waals surface area contributed by atoms with Crippen molar-refractivity contribution in [2.75, 3.05) is 13.7 Å². The Morgan fingerprint density at radius 2 is 1.81 bits per heavy atom. The number of allylic oxidation sites excluding steroid dienone is 1. The molecule has 1 N–H and O–H groups in total. The Morgan fingerprint density at radius 1 is 1.14 bits per heavy atom. The average molecular weight is 530 g/mol. The first-order valence-electron chi connectivity index (χ1n) is 12.7. The first-order valence-corrected chi connectivity index (χ1v) is 15.6.